The third-order valence-electron chi connectivity index (χ3n) is 6.26. The largest absolute Gasteiger partial charge is 0.358 e. The van der Waals surface area contributed by atoms with Gasteiger partial charge in [-0.2, -0.15) is 0 Å². The second-order valence-corrected chi connectivity index (χ2v) is 9.39. The van der Waals surface area contributed by atoms with Crippen molar-refractivity contribution in [1.82, 2.24) is 24.1 Å². The normalized spacial score (nSPS) is 11.6. The first kappa shape index (κ1) is 21.4. The number of Topliss-reactive ketones (excluding diaryl/α,β-unsaturated/α-hetero) is 1. The molecule has 0 aliphatic carbocycles. The van der Waals surface area contributed by atoms with Gasteiger partial charge < -0.3 is 4.98 Å². The number of H-pyrrole nitrogens is 1. The molecule has 0 bridgehead atoms. The number of carbonyl (C=O) groups excluding carboxylic acids is 1. The SMILES string of the molecule is Cc1ccccc1-n1c(=O)c2ccccc2n2c(SCC(=O)c3c(C)[nH]c4ccccc34)nnc12. The molecule has 0 fully saturated rings. The van der Waals surface area contributed by atoms with Gasteiger partial charge in [0, 0.05) is 22.2 Å². The van der Waals surface area contributed by atoms with Crippen molar-refractivity contribution in [1.29, 1.82) is 0 Å². The first-order valence-corrected chi connectivity index (χ1v) is 12.2. The molecule has 3 aromatic heterocycles. The maximum absolute atomic E-state index is 13.5. The lowest BCUT2D eigenvalue weighted by Gasteiger charge is -2.13. The minimum absolute atomic E-state index is 0.0123. The van der Waals surface area contributed by atoms with Crippen LogP contribution in [0.1, 0.15) is 21.6 Å². The molecule has 0 saturated heterocycles. The van der Waals surface area contributed by atoms with Gasteiger partial charge >= 0.3 is 0 Å². The topological polar surface area (TPSA) is 85.0 Å². The molecule has 3 aromatic carbocycles. The third-order valence-corrected chi connectivity index (χ3v) is 7.18. The summed E-state index contributed by atoms with van der Waals surface area (Å²) >= 11 is 1.32. The van der Waals surface area contributed by atoms with Crippen molar-refractivity contribution < 1.29 is 4.79 Å². The molecule has 0 aliphatic rings. The Labute approximate surface area is 204 Å². The molecule has 0 radical (unpaired) electrons. The van der Waals surface area contributed by atoms with Gasteiger partial charge in [-0.05, 0) is 43.7 Å². The lowest BCUT2D eigenvalue weighted by atomic mass is 10.1. The standard InChI is InChI=1S/C27H21N5O2S/c1-16-9-3-7-13-21(16)31-25(34)19-11-5-8-14-22(19)32-26(31)29-30-27(32)35-15-23(33)24-17(2)28-20-12-6-4-10-18(20)24/h3-14,28H,15H2,1-2H3. The molecule has 3 heterocycles. The van der Waals surface area contributed by atoms with Gasteiger partial charge in [0.15, 0.2) is 10.9 Å². The van der Waals surface area contributed by atoms with E-state index in [1.165, 1.54) is 11.8 Å². The molecular weight excluding hydrogens is 458 g/mol. The van der Waals surface area contributed by atoms with Crippen LogP contribution >= 0.6 is 11.8 Å². The number of nitrogens with one attached hydrogen (secondary N) is 1. The Bertz CT molecular complexity index is 1830. The zero-order chi connectivity index (χ0) is 24.1. The predicted molar refractivity (Wildman–Crippen MR) is 139 cm³/mol. The van der Waals surface area contributed by atoms with Crippen LogP contribution in [-0.2, 0) is 0 Å². The van der Waals surface area contributed by atoms with E-state index < -0.39 is 0 Å². The van der Waals surface area contributed by atoms with Crippen molar-refractivity contribution in [3.8, 4) is 5.69 Å². The minimum Gasteiger partial charge on any atom is -0.358 e. The molecule has 0 atom stereocenters. The Kier molecular flexibility index (Phi) is 5.04. The Morgan fingerprint density at radius 1 is 0.914 bits per heavy atom. The summed E-state index contributed by atoms with van der Waals surface area (Å²) in [4.78, 5) is 30.1. The number of thioether (sulfide) groups is 1. The van der Waals surface area contributed by atoms with Crippen molar-refractivity contribution >= 4 is 45.1 Å². The van der Waals surface area contributed by atoms with Crippen LogP contribution in [0.25, 0.3) is 33.3 Å². The zero-order valence-corrected chi connectivity index (χ0v) is 20.0. The predicted octanol–water partition coefficient (Wildman–Crippen LogP) is 5.11. The van der Waals surface area contributed by atoms with Gasteiger partial charge in [0.1, 0.15) is 0 Å². The highest BCUT2D eigenvalue weighted by molar-refractivity contribution is 7.99. The van der Waals surface area contributed by atoms with Gasteiger partial charge in [0.25, 0.3) is 5.56 Å². The molecule has 6 rings (SSSR count). The van der Waals surface area contributed by atoms with Crippen LogP contribution < -0.4 is 5.56 Å². The van der Waals surface area contributed by atoms with Gasteiger partial charge in [0.2, 0.25) is 5.78 Å². The second-order valence-electron chi connectivity index (χ2n) is 8.44. The number of hydrogen-bond donors (Lipinski definition) is 1. The van der Waals surface area contributed by atoms with Crippen LogP contribution in [0.2, 0.25) is 0 Å². The second kappa shape index (κ2) is 8.25. The highest BCUT2D eigenvalue weighted by Crippen LogP contribution is 2.27. The van der Waals surface area contributed by atoms with Gasteiger partial charge in [-0.25, -0.2) is 4.57 Å². The molecule has 6 aromatic rings. The van der Waals surface area contributed by atoms with Crippen LogP contribution in [-0.4, -0.2) is 35.7 Å². The molecule has 0 amide bonds. The lowest BCUT2D eigenvalue weighted by molar-refractivity contribution is 0.102. The summed E-state index contributed by atoms with van der Waals surface area (Å²) in [6.45, 7) is 3.88. The number of aromatic amines is 1. The highest BCUT2D eigenvalue weighted by Gasteiger charge is 2.21. The van der Waals surface area contributed by atoms with Crippen LogP contribution in [0.3, 0.4) is 0 Å². The summed E-state index contributed by atoms with van der Waals surface area (Å²) in [6, 6.07) is 22.9. The van der Waals surface area contributed by atoms with Crippen molar-refractivity contribution in [2.45, 2.75) is 19.0 Å². The Morgan fingerprint density at radius 2 is 1.63 bits per heavy atom. The molecule has 35 heavy (non-hydrogen) atoms. The van der Waals surface area contributed by atoms with Gasteiger partial charge in [-0.1, -0.05) is 60.3 Å². The Morgan fingerprint density at radius 3 is 2.46 bits per heavy atom. The molecule has 7 nitrogen and oxygen atoms in total. The molecule has 0 saturated carbocycles. The van der Waals surface area contributed by atoms with E-state index in [9.17, 15) is 9.59 Å². The maximum atomic E-state index is 13.5. The van der Waals surface area contributed by atoms with E-state index in [1.807, 2.05) is 85.0 Å². The number of para-hydroxylation sites is 3. The van der Waals surface area contributed by atoms with E-state index in [1.54, 1.807) is 10.6 Å². The summed E-state index contributed by atoms with van der Waals surface area (Å²) in [6.07, 6.45) is 0. The molecule has 0 unspecified atom stereocenters. The number of aromatic nitrogens is 5. The summed E-state index contributed by atoms with van der Waals surface area (Å²) in [7, 11) is 0. The maximum Gasteiger partial charge on any atom is 0.267 e. The minimum atomic E-state index is -0.156. The van der Waals surface area contributed by atoms with Crippen LogP contribution in [0.4, 0.5) is 0 Å². The molecule has 0 spiro atoms. The summed E-state index contributed by atoms with van der Waals surface area (Å²) in [5.74, 6) is 0.626. The smallest absolute Gasteiger partial charge is 0.267 e. The third kappa shape index (κ3) is 3.37. The summed E-state index contributed by atoms with van der Waals surface area (Å²) in [5, 5.41) is 10.8. The summed E-state index contributed by atoms with van der Waals surface area (Å²) in [5.41, 5.74) is 4.75. The van der Waals surface area contributed by atoms with Crippen LogP contribution in [0.15, 0.2) is 82.7 Å². The number of ketones is 1. The number of carbonyl (C=O) groups is 1. The Balaban J connectivity index is 1.48. The molecule has 0 aliphatic heterocycles. The van der Waals surface area contributed by atoms with Crippen molar-refractivity contribution in [2.24, 2.45) is 0 Å². The molecular formula is C27H21N5O2S. The van der Waals surface area contributed by atoms with E-state index >= 15 is 0 Å². The lowest BCUT2D eigenvalue weighted by Crippen LogP contribution is -2.22. The van der Waals surface area contributed by atoms with Gasteiger partial charge in [-0.15, -0.1) is 10.2 Å². The number of rotatable bonds is 5. The van der Waals surface area contributed by atoms with Crippen molar-refractivity contribution in [2.75, 3.05) is 5.75 Å². The summed E-state index contributed by atoms with van der Waals surface area (Å²) < 4.78 is 3.46. The quantitative estimate of drug-likeness (QED) is 0.274. The van der Waals surface area contributed by atoms with Gasteiger partial charge in [0.05, 0.1) is 22.3 Å². The zero-order valence-electron chi connectivity index (χ0n) is 19.1. The van der Waals surface area contributed by atoms with Crippen molar-refractivity contribution in [3.63, 3.8) is 0 Å². The monoisotopic (exact) mass is 479 g/mol. The number of nitrogens with zero attached hydrogens (tertiary/aromatic N) is 4. The van der Waals surface area contributed by atoms with E-state index in [4.69, 9.17) is 0 Å². The van der Waals surface area contributed by atoms with E-state index in [2.05, 4.69) is 15.2 Å². The van der Waals surface area contributed by atoms with Gasteiger partial charge in [-0.3, -0.25) is 14.0 Å². The number of aryl methyl sites for hydroxylation is 2. The average molecular weight is 480 g/mol. The molecule has 8 heteroatoms. The fraction of sp³-hybridized carbons (Fsp3) is 0.111. The van der Waals surface area contributed by atoms with Crippen molar-refractivity contribution in [3.05, 3.63) is 100.0 Å². The van der Waals surface area contributed by atoms with E-state index in [0.29, 0.717) is 27.4 Å². The first-order valence-electron chi connectivity index (χ1n) is 11.2. The number of hydrogen-bond acceptors (Lipinski definition) is 5. The number of fused-ring (bicyclic) bond motifs is 4. The highest BCUT2D eigenvalue weighted by atomic mass is 32.2. The van der Waals surface area contributed by atoms with Crippen LogP contribution in [0.5, 0.6) is 0 Å². The number of benzene rings is 3. The Hall–Kier alpha value is -4.17. The van der Waals surface area contributed by atoms with Crippen LogP contribution in [0, 0.1) is 13.8 Å². The molecule has 172 valence electrons. The fourth-order valence-corrected chi connectivity index (χ4v) is 5.45. The molecule has 1 N–H and O–H groups in total. The van der Waals surface area contributed by atoms with E-state index in [0.717, 1.165) is 27.8 Å². The average Bonchev–Trinajstić information content (AvgIpc) is 3.44. The fourth-order valence-electron chi connectivity index (χ4n) is 4.64. The first-order chi connectivity index (χ1) is 17.0. The van der Waals surface area contributed by atoms with E-state index in [-0.39, 0.29) is 17.1 Å².